The zero-order valence-corrected chi connectivity index (χ0v) is 17.4. The lowest BCUT2D eigenvalue weighted by Crippen LogP contribution is -2.32. The summed E-state index contributed by atoms with van der Waals surface area (Å²) in [6.07, 6.45) is 5.65. The molecule has 4 nitrogen and oxygen atoms in total. The van der Waals surface area contributed by atoms with Gasteiger partial charge in [0.25, 0.3) is 0 Å². The number of methoxy groups -OCH3 is 2. The molecule has 2 aliphatic rings. The van der Waals surface area contributed by atoms with E-state index in [0.29, 0.717) is 17.3 Å². The van der Waals surface area contributed by atoms with Gasteiger partial charge in [-0.25, -0.2) is 0 Å². The highest BCUT2D eigenvalue weighted by Gasteiger charge is 2.30. The Morgan fingerprint density at radius 3 is 2.68 bits per heavy atom. The number of likely N-dealkylation sites (tertiary alicyclic amines) is 1. The monoisotopic (exact) mass is 397 g/mol. The van der Waals surface area contributed by atoms with Gasteiger partial charge in [0.1, 0.15) is 0 Å². The number of hydrogen-bond donors (Lipinski definition) is 0. The van der Waals surface area contributed by atoms with E-state index in [1.807, 2.05) is 23.1 Å². The number of ether oxygens (including phenoxy) is 2. The van der Waals surface area contributed by atoms with E-state index in [-0.39, 0.29) is 11.9 Å². The largest absolute Gasteiger partial charge is 0.493 e. The molecular weight excluding hydrogens is 370 g/mol. The topological polar surface area (TPSA) is 38.8 Å². The number of hydrogen-bond acceptors (Lipinski definition) is 4. The summed E-state index contributed by atoms with van der Waals surface area (Å²) in [5.74, 6) is 2.13. The summed E-state index contributed by atoms with van der Waals surface area (Å²) in [6, 6.07) is 12.8. The molecule has 5 heteroatoms. The summed E-state index contributed by atoms with van der Waals surface area (Å²) in [7, 11) is 3.28. The van der Waals surface area contributed by atoms with Crippen LogP contribution >= 0.6 is 11.8 Å². The van der Waals surface area contributed by atoms with E-state index in [4.69, 9.17) is 9.47 Å². The standard InChI is InChI=1S/C23H27NO3S/c1-26-21-11-9-18(14-22(21)27-2)20-7-4-12-24(20)23(25)15-28-19-10-8-16-5-3-6-17(16)13-19/h8-11,13-14,20H,3-7,12,15H2,1-2H3. The Labute approximate surface area is 171 Å². The minimum atomic E-state index is 0.118. The first-order chi connectivity index (χ1) is 13.7. The van der Waals surface area contributed by atoms with Crippen molar-refractivity contribution in [2.75, 3.05) is 26.5 Å². The smallest absolute Gasteiger partial charge is 0.233 e. The van der Waals surface area contributed by atoms with Crippen molar-refractivity contribution in [1.29, 1.82) is 0 Å². The highest BCUT2D eigenvalue weighted by molar-refractivity contribution is 8.00. The quantitative estimate of drug-likeness (QED) is 0.665. The van der Waals surface area contributed by atoms with Crippen LogP contribution in [0.4, 0.5) is 0 Å². The van der Waals surface area contributed by atoms with Crippen molar-refractivity contribution in [1.82, 2.24) is 4.90 Å². The average molecular weight is 398 g/mol. The molecule has 1 atom stereocenters. The Morgan fingerprint density at radius 1 is 1.04 bits per heavy atom. The number of fused-ring (bicyclic) bond motifs is 1. The lowest BCUT2D eigenvalue weighted by atomic mass is 10.0. The number of thioether (sulfide) groups is 1. The summed E-state index contributed by atoms with van der Waals surface area (Å²) in [5.41, 5.74) is 4.05. The van der Waals surface area contributed by atoms with Crippen LogP contribution in [0.5, 0.6) is 11.5 Å². The first-order valence-electron chi connectivity index (χ1n) is 9.95. The van der Waals surface area contributed by atoms with Crippen LogP contribution in [0.1, 0.15) is 42.0 Å². The summed E-state index contributed by atoms with van der Waals surface area (Å²) in [4.78, 5) is 16.2. The fourth-order valence-electron chi connectivity index (χ4n) is 4.34. The molecule has 1 saturated heterocycles. The Bertz CT molecular complexity index is 867. The number of carbonyl (C=O) groups excluding carboxylic acids is 1. The van der Waals surface area contributed by atoms with Crippen molar-refractivity contribution in [2.45, 2.75) is 43.0 Å². The molecule has 4 rings (SSSR count). The Kier molecular flexibility index (Phi) is 5.81. The normalized spacial score (nSPS) is 18.2. The van der Waals surface area contributed by atoms with Crippen LogP contribution < -0.4 is 9.47 Å². The second-order valence-electron chi connectivity index (χ2n) is 7.43. The van der Waals surface area contributed by atoms with Crippen molar-refractivity contribution in [3.05, 3.63) is 53.1 Å². The molecule has 1 aliphatic carbocycles. The van der Waals surface area contributed by atoms with Gasteiger partial charge in [0.05, 0.1) is 26.0 Å². The fourth-order valence-corrected chi connectivity index (χ4v) is 5.18. The molecule has 0 radical (unpaired) electrons. The van der Waals surface area contributed by atoms with E-state index >= 15 is 0 Å². The maximum absolute atomic E-state index is 13.0. The minimum Gasteiger partial charge on any atom is -0.493 e. The molecule has 0 spiro atoms. The summed E-state index contributed by atoms with van der Waals surface area (Å²) < 4.78 is 10.8. The zero-order chi connectivity index (χ0) is 19.5. The number of nitrogens with zero attached hydrogens (tertiary/aromatic N) is 1. The molecule has 0 bridgehead atoms. The van der Waals surface area contributed by atoms with E-state index in [2.05, 4.69) is 18.2 Å². The van der Waals surface area contributed by atoms with Gasteiger partial charge in [0.15, 0.2) is 11.5 Å². The van der Waals surface area contributed by atoms with Gasteiger partial charge >= 0.3 is 0 Å². The first-order valence-corrected chi connectivity index (χ1v) is 10.9. The van der Waals surface area contributed by atoms with E-state index in [1.165, 1.54) is 35.3 Å². The summed E-state index contributed by atoms with van der Waals surface area (Å²) in [5, 5.41) is 0. The van der Waals surface area contributed by atoms with Gasteiger partial charge in [0.2, 0.25) is 5.91 Å². The molecule has 0 saturated carbocycles. The van der Waals surface area contributed by atoms with Crippen LogP contribution in [0, 0.1) is 0 Å². The number of carbonyl (C=O) groups is 1. The van der Waals surface area contributed by atoms with Gasteiger partial charge in [-0.2, -0.15) is 0 Å². The Hall–Kier alpha value is -2.14. The van der Waals surface area contributed by atoms with Gasteiger partial charge in [-0.1, -0.05) is 12.1 Å². The second kappa shape index (κ2) is 8.48. The second-order valence-corrected chi connectivity index (χ2v) is 8.48. The van der Waals surface area contributed by atoms with Crippen molar-refractivity contribution in [3.63, 3.8) is 0 Å². The summed E-state index contributed by atoms with van der Waals surface area (Å²) >= 11 is 1.66. The Morgan fingerprint density at radius 2 is 1.86 bits per heavy atom. The molecule has 1 fully saturated rings. The molecule has 1 amide bonds. The van der Waals surface area contributed by atoms with Gasteiger partial charge in [0, 0.05) is 11.4 Å². The molecule has 28 heavy (non-hydrogen) atoms. The highest BCUT2D eigenvalue weighted by atomic mass is 32.2. The van der Waals surface area contributed by atoms with Crippen LogP contribution in [0.2, 0.25) is 0 Å². The van der Waals surface area contributed by atoms with Gasteiger partial charge in [-0.15, -0.1) is 11.8 Å². The van der Waals surface area contributed by atoms with Crippen molar-refractivity contribution < 1.29 is 14.3 Å². The molecular formula is C23H27NO3S. The molecule has 2 aromatic carbocycles. The third-order valence-electron chi connectivity index (χ3n) is 5.80. The molecule has 0 N–H and O–H groups in total. The SMILES string of the molecule is COc1ccc(C2CCCN2C(=O)CSc2ccc3c(c2)CCC3)cc1OC. The predicted octanol–water partition coefficient (Wildman–Crippen LogP) is 4.65. The van der Waals surface area contributed by atoms with Crippen molar-refractivity contribution in [2.24, 2.45) is 0 Å². The van der Waals surface area contributed by atoms with E-state index in [1.54, 1.807) is 26.0 Å². The van der Waals surface area contributed by atoms with Gasteiger partial charge in [-0.3, -0.25) is 4.79 Å². The third kappa shape index (κ3) is 3.86. The van der Waals surface area contributed by atoms with Crippen LogP contribution in [0.25, 0.3) is 0 Å². The molecule has 0 aromatic heterocycles. The molecule has 2 aromatic rings. The van der Waals surface area contributed by atoms with Crippen LogP contribution in [0.3, 0.4) is 0 Å². The molecule has 148 valence electrons. The van der Waals surface area contributed by atoms with E-state index < -0.39 is 0 Å². The summed E-state index contributed by atoms with van der Waals surface area (Å²) in [6.45, 7) is 0.822. The maximum atomic E-state index is 13.0. The molecule has 1 heterocycles. The number of amides is 1. The van der Waals surface area contributed by atoms with E-state index in [0.717, 1.165) is 24.9 Å². The van der Waals surface area contributed by atoms with Crippen LogP contribution in [-0.2, 0) is 17.6 Å². The van der Waals surface area contributed by atoms with Crippen molar-refractivity contribution >= 4 is 17.7 Å². The number of benzene rings is 2. The maximum Gasteiger partial charge on any atom is 0.233 e. The third-order valence-corrected chi connectivity index (χ3v) is 6.78. The fraction of sp³-hybridized carbons (Fsp3) is 0.435. The minimum absolute atomic E-state index is 0.118. The lowest BCUT2D eigenvalue weighted by Gasteiger charge is -2.25. The lowest BCUT2D eigenvalue weighted by molar-refractivity contribution is -0.129. The molecule has 1 unspecified atom stereocenters. The average Bonchev–Trinajstić information content (AvgIpc) is 3.40. The van der Waals surface area contributed by atoms with Crippen LogP contribution in [-0.4, -0.2) is 37.3 Å². The van der Waals surface area contributed by atoms with Crippen molar-refractivity contribution in [3.8, 4) is 11.5 Å². The Balaban J connectivity index is 1.43. The first kappa shape index (κ1) is 19.2. The highest BCUT2D eigenvalue weighted by Crippen LogP contribution is 2.37. The van der Waals surface area contributed by atoms with Gasteiger partial charge < -0.3 is 14.4 Å². The zero-order valence-electron chi connectivity index (χ0n) is 16.6. The van der Waals surface area contributed by atoms with E-state index in [9.17, 15) is 4.79 Å². The number of aryl methyl sites for hydroxylation is 2. The predicted molar refractivity (Wildman–Crippen MR) is 112 cm³/mol. The van der Waals surface area contributed by atoms with Gasteiger partial charge in [-0.05, 0) is 73.1 Å². The molecule has 1 aliphatic heterocycles. The van der Waals surface area contributed by atoms with Crippen LogP contribution in [0.15, 0.2) is 41.3 Å². The number of rotatable bonds is 6.